The van der Waals surface area contributed by atoms with Gasteiger partial charge in [-0.25, -0.2) is 4.79 Å². The highest BCUT2D eigenvalue weighted by Gasteiger charge is 2.15. The van der Waals surface area contributed by atoms with Crippen LogP contribution in [0.1, 0.15) is 40.7 Å². The molecule has 3 rings (SSSR count). The lowest BCUT2D eigenvalue weighted by Gasteiger charge is -2.17. The van der Waals surface area contributed by atoms with E-state index in [0.29, 0.717) is 42.9 Å². The van der Waals surface area contributed by atoms with Gasteiger partial charge in [-0.3, -0.25) is 9.59 Å². The number of rotatable bonds is 7. The molecule has 28 heavy (non-hydrogen) atoms. The van der Waals surface area contributed by atoms with Crippen molar-refractivity contribution in [2.45, 2.75) is 32.6 Å². The van der Waals surface area contributed by atoms with Crippen LogP contribution in [0.3, 0.4) is 0 Å². The largest absolute Gasteiger partial charge is 0.494 e. The number of nitrogens with one attached hydrogen (secondary N) is 2. The summed E-state index contributed by atoms with van der Waals surface area (Å²) in [5, 5.41) is 14.7. The highest BCUT2D eigenvalue weighted by Crippen LogP contribution is 2.26. The van der Waals surface area contributed by atoms with Crippen molar-refractivity contribution in [2.24, 2.45) is 0 Å². The Morgan fingerprint density at radius 1 is 1.18 bits per heavy atom. The van der Waals surface area contributed by atoms with Gasteiger partial charge in [-0.15, -0.1) is 0 Å². The molecule has 146 valence electrons. The van der Waals surface area contributed by atoms with E-state index in [0.717, 1.165) is 11.3 Å². The van der Waals surface area contributed by atoms with E-state index in [1.807, 2.05) is 12.1 Å². The number of amides is 2. The van der Waals surface area contributed by atoms with Gasteiger partial charge in [0.2, 0.25) is 11.8 Å². The molecule has 2 aromatic rings. The van der Waals surface area contributed by atoms with Gasteiger partial charge in [-0.1, -0.05) is 6.07 Å². The van der Waals surface area contributed by atoms with Crippen molar-refractivity contribution in [1.29, 1.82) is 0 Å². The predicted molar refractivity (Wildman–Crippen MR) is 105 cm³/mol. The molecular weight excluding hydrogens is 360 g/mol. The van der Waals surface area contributed by atoms with Crippen molar-refractivity contribution >= 4 is 29.2 Å². The summed E-state index contributed by atoms with van der Waals surface area (Å²) in [5.74, 6) is -0.486. The molecule has 0 saturated carbocycles. The molecule has 0 aliphatic carbocycles. The van der Waals surface area contributed by atoms with Gasteiger partial charge in [0.15, 0.2) is 0 Å². The Morgan fingerprint density at radius 2 is 2.00 bits per heavy atom. The van der Waals surface area contributed by atoms with Crippen molar-refractivity contribution in [3.05, 3.63) is 53.1 Å². The third-order valence-electron chi connectivity index (χ3n) is 4.54. The molecule has 0 radical (unpaired) electrons. The molecule has 0 saturated heterocycles. The highest BCUT2D eigenvalue weighted by atomic mass is 16.5. The number of aryl methyl sites for hydroxylation is 2. The van der Waals surface area contributed by atoms with E-state index in [9.17, 15) is 14.4 Å². The molecule has 2 aromatic carbocycles. The van der Waals surface area contributed by atoms with Crippen LogP contribution in [0.4, 0.5) is 11.4 Å². The number of benzene rings is 2. The minimum Gasteiger partial charge on any atom is -0.494 e. The average molecular weight is 382 g/mol. The molecule has 0 fully saturated rings. The molecular formula is C21H22N2O5. The standard InChI is InChI=1S/C21H22N2O5/c1-13-4-6-15(12-17(13)21(26)27)22-19(24)3-2-10-28-16-7-8-18-14(11-16)5-9-20(25)23-18/h4,6-8,11-12H,2-3,5,9-10H2,1H3,(H,22,24)(H,23,25)(H,26,27). The van der Waals surface area contributed by atoms with Gasteiger partial charge in [0.25, 0.3) is 0 Å². The number of carbonyl (C=O) groups excluding carboxylic acids is 2. The van der Waals surface area contributed by atoms with Crippen LogP contribution >= 0.6 is 0 Å². The van der Waals surface area contributed by atoms with Gasteiger partial charge >= 0.3 is 5.97 Å². The number of carboxylic acids is 1. The highest BCUT2D eigenvalue weighted by molar-refractivity contribution is 5.95. The Kier molecular flexibility index (Phi) is 5.93. The minimum atomic E-state index is -1.02. The fourth-order valence-corrected chi connectivity index (χ4v) is 3.03. The third kappa shape index (κ3) is 4.88. The van der Waals surface area contributed by atoms with Gasteiger partial charge in [-0.2, -0.15) is 0 Å². The number of ether oxygens (including phenoxy) is 1. The normalized spacial score (nSPS) is 12.7. The van der Waals surface area contributed by atoms with Crippen LogP contribution in [0.2, 0.25) is 0 Å². The molecule has 3 N–H and O–H groups in total. The predicted octanol–water partition coefficient (Wildman–Crippen LogP) is 3.38. The fraction of sp³-hybridized carbons (Fsp3) is 0.286. The second kappa shape index (κ2) is 8.56. The van der Waals surface area contributed by atoms with Crippen LogP contribution in [0, 0.1) is 6.92 Å². The van der Waals surface area contributed by atoms with Gasteiger partial charge in [0.1, 0.15) is 5.75 Å². The monoisotopic (exact) mass is 382 g/mol. The molecule has 1 aliphatic heterocycles. The van der Waals surface area contributed by atoms with Crippen LogP contribution < -0.4 is 15.4 Å². The Labute approximate surface area is 162 Å². The minimum absolute atomic E-state index is 0.0243. The van der Waals surface area contributed by atoms with Crippen LogP contribution in [0.25, 0.3) is 0 Å². The van der Waals surface area contributed by atoms with E-state index < -0.39 is 5.97 Å². The molecule has 0 bridgehead atoms. The van der Waals surface area contributed by atoms with Crippen molar-refractivity contribution < 1.29 is 24.2 Å². The first-order valence-corrected chi connectivity index (χ1v) is 9.12. The number of hydrogen-bond donors (Lipinski definition) is 3. The molecule has 0 spiro atoms. The van der Waals surface area contributed by atoms with Gasteiger partial charge in [0.05, 0.1) is 12.2 Å². The first kappa shape index (κ1) is 19.4. The zero-order chi connectivity index (χ0) is 20.1. The van der Waals surface area contributed by atoms with E-state index >= 15 is 0 Å². The number of hydrogen-bond acceptors (Lipinski definition) is 4. The van der Waals surface area contributed by atoms with Crippen LogP contribution in [-0.2, 0) is 16.0 Å². The summed E-state index contributed by atoms with van der Waals surface area (Å²) < 4.78 is 5.70. The molecule has 7 nitrogen and oxygen atoms in total. The molecule has 1 heterocycles. The lowest BCUT2D eigenvalue weighted by atomic mass is 10.0. The maximum Gasteiger partial charge on any atom is 0.336 e. The van der Waals surface area contributed by atoms with Gasteiger partial charge in [0, 0.05) is 24.2 Å². The van der Waals surface area contributed by atoms with E-state index in [4.69, 9.17) is 9.84 Å². The van der Waals surface area contributed by atoms with Gasteiger partial charge in [-0.05, 0) is 61.2 Å². The third-order valence-corrected chi connectivity index (χ3v) is 4.54. The summed E-state index contributed by atoms with van der Waals surface area (Å²) in [7, 11) is 0. The summed E-state index contributed by atoms with van der Waals surface area (Å²) in [5.41, 5.74) is 3.14. The lowest BCUT2D eigenvalue weighted by molar-refractivity contribution is -0.117. The average Bonchev–Trinajstić information content (AvgIpc) is 2.66. The molecule has 1 aliphatic rings. The number of fused-ring (bicyclic) bond motifs is 1. The number of carbonyl (C=O) groups is 3. The summed E-state index contributed by atoms with van der Waals surface area (Å²) in [6, 6.07) is 10.3. The summed E-state index contributed by atoms with van der Waals surface area (Å²) in [4.78, 5) is 34.6. The quantitative estimate of drug-likeness (QED) is 0.637. The van der Waals surface area contributed by atoms with Crippen LogP contribution in [0.5, 0.6) is 5.75 Å². The molecule has 0 aromatic heterocycles. The molecule has 0 atom stereocenters. The van der Waals surface area contributed by atoms with Crippen molar-refractivity contribution in [1.82, 2.24) is 0 Å². The number of aromatic carboxylic acids is 1. The molecule has 2 amide bonds. The van der Waals surface area contributed by atoms with Crippen molar-refractivity contribution in [3.63, 3.8) is 0 Å². The maximum absolute atomic E-state index is 12.1. The zero-order valence-corrected chi connectivity index (χ0v) is 15.6. The lowest BCUT2D eigenvalue weighted by Crippen LogP contribution is -2.18. The van der Waals surface area contributed by atoms with E-state index in [2.05, 4.69) is 10.6 Å². The number of anilines is 2. The van der Waals surface area contributed by atoms with E-state index in [-0.39, 0.29) is 23.8 Å². The molecule has 0 unspecified atom stereocenters. The Bertz CT molecular complexity index is 923. The SMILES string of the molecule is Cc1ccc(NC(=O)CCCOc2ccc3c(c2)CCC(=O)N3)cc1C(=O)O. The van der Waals surface area contributed by atoms with Crippen molar-refractivity contribution in [3.8, 4) is 5.75 Å². The smallest absolute Gasteiger partial charge is 0.336 e. The summed E-state index contributed by atoms with van der Waals surface area (Å²) >= 11 is 0. The Morgan fingerprint density at radius 3 is 2.79 bits per heavy atom. The van der Waals surface area contributed by atoms with E-state index in [1.165, 1.54) is 6.07 Å². The van der Waals surface area contributed by atoms with Gasteiger partial charge < -0.3 is 20.5 Å². The summed E-state index contributed by atoms with van der Waals surface area (Å²) in [6.07, 6.45) is 1.95. The zero-order valence-electron chi connectivity index (χ0n) is 15.6. The maximum atomic E-state index is 12.1. The number of carboxylic acid groups (broad SMARTS) is 1. The first-order chi connectivity index (χ1) is 13.4. The summed E-state index contributed by atoms with van der Waals surface area (Å²) in [6.45, 7) is 2.09. The first-order valence-electron chi connectivity index (χ1n) is 9.12. The van der Waals surface area contributed by atoms with E-state index in [1.54, 1.807) is 25.1 Å². The molecule has 7 heteroatoms. The Balaban J connectivity index is 1.45. The topological polar surface area (TPSA) is 105 Å². The second-order valence-electron chi connectivity index (χ2n) is 6.70. The van der Waals surface area contributed by atoms with Crippen molar-refractivity contribution in [2.75, 3.05) is 17.2 Å². The van der Waals surface area contributed by atoms with Crippen LogP contribution in [-0.4, -0.2) is 29.5 Å². The Hall–Kier alpha value is -3.35. The van der Waals surface area contributed by atoms with Crippen LogP contribution in [0.15, 0.2) is 36.4 Å². The fourth-order valence-electron chi connectivity index (χ4n) is 3.03. The second-order valence-corrected chi connectivity index (χ2v) is 6.70.